The Morgan fingerprint density at radius 1 is 1.23 bits per heavy atom. The molecule has 2 heterocycles. The van der Waals surface area contributed by atoms with Gasteiger partial charge in [0.2, 0.25) is 5.91 Å². The summed E-state index contributed by atoms with van der Waals surface area (Å²) in [6, 6.07) is 9.55. The van der Waals surface area contributed by atoms with Crippen LogP contribution in [0.15, 0.2) is 42.7 Å². The van der Waals surface area contributed by atoms with E-state index in [1.165, 1.54) is 18.4 Å². The first-order valence-electron chi connectivity index (χ1n) is 9.19. The van der Waals surface area contributed by atoms with Crippen LogP contribution in [0.3, 0.4) is 0 Å². The Bertz CT molecular complexity index is 842. The largest absolute Gasteiger partial charge is 0.348 e. The molecule has 5 heteroatoms. The van der Waals surface area contributed by atoms with Gasteiger partial charge in [0.15, 0.2) is 0 Å². The first-order valence-corrected chi connectivity index (χ1v) is 9.19. The van der Waals surface area contributed by atoms with Crippen molar-refractivity contribution < 1.29 is 9.59 Å². The second-order valence-corrected chi connectivity index (χ2v) is 7.37. The molecule has 1 aromatic heterocycles. The lowest BCUT2D eigenvalue weighted by molar-refractivity contribution is -0.116. The van der Waals surface area contributed by atoms with Crippen molar-refractivity contribution in [1.82, 2.24) is 10.3 Å². The number of carbonyl (C=O) groups is 2. The monoisotopic (exact) mass is 349 g/mol. The Labute approximate surface area is 153 Å². The van der Waals surface area contributed by atoms with Crippen LogP contribution in [-0.2, 0) is 16.8 Å². The van der Waals surface area contributed by atoms with Crippen molar-refractivity contribution in [2.45, 2.75) is 44.6 Å². The Kier molecular flexibility index (Phi) is 4.23. The minimum absolute atomic E-state index is 0.0284. The Balaban J connectivity index is 1.59. The van der Waals surface area contributed by atoms with Crippen LogP contribution in [0.2, 0.25) is 0 Å². The maximum absolute atomic E-state index is 12.6. The number of nitrogens with zero attached hydrogens (tertiary/aromatic N) is 2. The number of pyridine rings is 1. The summed E-state index contributed by atoms with van der Waals surface area (Å²) < 4.78 is 0. The third-order valence-electron chi connectivity index (χ3n) is 5.70. The number of rotatable bonds is 3. The normalized spacial score (nSPS) is 17.3. The zero-order chi connectivity index (χ0) is 18.1. The highest BCUT2D eigenvalue weighted by atomic mass is 16.2. The first kappa shape index (κ1) is 16.8. The maximum Gasteiger partial charge on any atom is 0.251 e. The molecule has 0 unspecified atom stereocenters. The summed E-state index contributed by atoms with van der Waals surface area (Å²) in [6.45, 7) is 2.82. The van der Waals surface area contributed by atoms with Gasteiger partial charge in [-0.05, 0) is 48.2 Å². The SMILES string of the molecule is CC(=O)N1CC2(CCCC2)c2cc(C(=O)NCc3cccnc3)ccc21. The second kappa shape index (κ2) is 6.56. The third-order valence-corrected chi connectivity index (χ3v) is 5.70. The number of anilines is 1. The number of amides is 2. The van der Waals surface area contributed by atoms with Gasteiger partial charge in [-0.2, -0.15) is 0 Å². The number of carbonyl (C=O) groups excluding carboxylic acids is 2. The summed E-state index contributed by atoms with van der Waals surface area (Å²) in [5, 5.41) is 2.96. The van der Waals surface area contributed by atoms with E-state index in [0.29, 0.717) is 12.1 Å². The topological polar surface area (TPSA) is 62.3 Å². The van der Waals surface area contributed by atoms with Crippen LogP contribution in [0.5, 0.6) is 0 Å². The highest BCUT2D eigenvalue weighted by molar-refractivity contribution is 5.98. The van der Waals surface area contributed by atoms with Crippen molar-refractivity contribution in [3.05, 3.63) is 59.4 Å². The van der Waals surface area contributed by atoms with Crippen LogP contribution >= 0.6 is 0 Å². The molecule has 5 nitrogen and oxygen atoms in total. The molecular weight excluding hydrogens is 326 g/mol. The number of nitrogens with one attached hydrogen (secondary N) is 1. The molecule has 2 aliphatic rings. The molecule has 2 aromatic rings. The van der Waals surface area contributed by atoms with E-state index in [9.17, 15) is 9.59 Å². The van der Waals surface area contributed by atoms with Gasteiger partial charge >= 0.3 is 0 Å². The number of benzene rings is 1. The fourth-order valence-corrected chi connectivity index (χ4v) is 4.36. The smallest absolute Gasteiger partial charge is 0.251 e. The predicted molar refractivity (Wildman–Crippen MR) is 100 cm³/mol. The van der Waals surface area contributed by atoms with E-state index < -0.39 is 0 Å². The molecule has 1 N–H and O–H groups in total. The van der Waals surface area contributed by atoms with Gasteiger partial charge in [0.25, 0.3) is 5.91 Å². The average molecular weight is 349 g/mol. The molecule has 1 spiro atoms. The van der Waals surface area contributed by atoms with Gasteiger partial charge < -0.3 is 10.2 Å². The highest BCUT2D eigenvalue weighted by Crippen LogP contribution is 2.50. The number of hydrogen-bond acceptors (Lipinski definition) is 3. The van der Waals surface area contributed by atoms with Crippen molar-refractivity contribution in [1.29, 1.82) is 0 Å². The Hall–Kier alpha value is -2.69. The standard InChI is InChI=1S/C21H23N3O2/c1-15(25)24-14-21(8-2-3-9-21)18-11-17(6-7-19(18)24)20(26)23-13-16-5-4-10-22-12-16/h4-7,10-12H,2-3,8-9,13-14H2,1H3,(H,23,26). The van der Waals surface area contributed by atoms with Gasteiger partial charge in [0.05, 0.1) is 0 Å². The van der Waals surface area contributed by atoms with Gasteiger partial charge in [-0.3, -0.25) is 14.6 Å². The molecule has 1 saturated carbocycles. The van der Waals surface area contributed by atoms with Gasteiger partial charge in [0.1, 0.15) is 0 Å². The summed E-state index contributed by atoms with van der Waals surface area (Å²) in [5.74, 6) is -0.0186. The number of hydrogen-bond donors (Lipinski definition) is 1. The third kappa shape index (κ3) is 2.87. The molecule has 26 heavy (non-hydrogen) atoms. The van der Waals surface area contributed by atoms with E-state index in [1.807, 2.05) is 35.2 Å². The van der Waals surface area contributed by atoms with E-state index >= 15 is 0 Å². The highest BCUT2D eigenvalue weighted by Gasteiger charge is 2.45. The molecule has 1 aromatic carbocycles. The summed E-state index contributed by atoms with van der Waals surface area (Å²) in [5.41, 5.74) is 3.80. The number of aromatic nitrogens is 1. The van der Waals surface area contributed by atoms with E-state index in [-0.39, 0.29) is 17.2 Å². The van der Waals surface area contributed by atoms with E-state index in [0.717, 1.165) is 30.6 Å². The molecule has 0 atom stereocenters. The molecule has 1 aliphatic heterocycles. The summed E-state index contributed by atoms with van der Waals surface area (Å²) >= 11 is 0. The lowest BCUT2D eigenvalue weighted by Crippen LogP contribution is -2.34. The lowest BCUT2D eigenvalue weighted by Gasteiger charge is -2.24. The van der Waals surface area contributed by atoms with E-state index in [4.69, 9.17) is 0 Å². The second-order valence-electron chi connectivity index (χ2n) is 7.37. The van der Waals surface area contributed by atoms with E-state index in [2.05, 4.69) is 10.3 Å². The van der Waals surface area contributed by atoms with Crippen molar-refractivity contribution in [2.75, 3.05) is 11.4 Å². The molecular formula is C21H23N3O2. The van der Waals surface area contributed by atoms with Crippen LogP contribution in [0.25, 0.3) is 0 Å². The summed E-state index contributed by atoms with van der Waals surface area (Å²) in [4.78, 5) is 30.6. The van der Waals surface area contributed by atoms with Crippen LogP contribution in [0.1, 0.15) is 54.1 Å². The molecule has 0 saturated heterocycles. The zero-order valence-electron chi connectivity index (χ0n) is 15.0. The lowest BCUT2D eigenvalue weighted by atomic mass is 9.80. The van der Waals surface area contributed by atoms with Crippen LogP contribution in [0, 0.1) is 0 Å². The molecule has 0 radical (unpaired) electrons. The average Bonchev–Trinajstić information content (AvgIpc) is 3.26. The fourth-order valence-electron chi connectivity index (χ4n) is 4.36. The van der Waals surface area contributed by atoms with Gasteiger partial charge in [-0.15, -0.1) is 0 Å². The molecule has 0 bridgehead atoms. The summed E-state index contributed by atoms with van der Waals surface area (Å²) in [7, 11) is 0. The molecule has 1 fully saturated rings. The van der Waals surface area contributed by atoms with Crippen molar-refractivity contribution in [3.8, 4) is 0 Å². The van der Waals surface area contributed by atoms with Crippen LogP contribution < -0.4 is 10.2 Å². The molecule has 1 aliphatic carbocycles. The first-order chi connectivity index (χ1) is 12.6. The minimum Gasteiger partial charge on any atom is -0.348 e. The quantitative estimate of drug-likeness (QED) is 0.926. The van der Waals surface area contributed by atoms with Crippen molar-refractivity contribution in [3.63, 3.8) is 0 Å². The molecule has 2 amide bonds. The zero-order valence-corrected chi connectivity index (χ0v) is 15.0. The van der Waals surface area contributed by atoms with Gasteiger partial charge in [-0.25, -0.2) is 0 Å². The Morgan fingerprint density at radius 2 is 2.04 bits per heavy atom. The fraction of sp³-hybridized carbons (Fsp3) is 0.381. The van der Waals surface area contributed by atoms with Crippen LogP contribution in [-0.4, -0.2) is 23.3 Å². The van der Waals surface area contributed by atoms with Gasteiger partial charge in [-0.1, -0.05) is 18.9 Å². The van der Waals surface area contributed by atoms with Gasteiger partial charge in [0, 0.05) is 49.1 Å². The van der Waals surface area contributed by atoms with E-state index in [1.54, 1.807) is 19.3 Å². The maximum atomic E-state index is 12.6. The summed E-state index contributed by atoms with van der Waals surface area (Å²) in [6.07, 6.45) is 8.01. The minimum atomic E-state index is -0.0916. The van der Waals surface area contributed by atoms with Crippen LogP contribution in [0.4, 0.5) is 5.69 Å². The molecule has 4 rings (SSSR count). The van der Waals surface area contributed by atoms with Crippen molar-refractivity contribution >= 4 is 17.5 Å². The predicted octanol–water partition coefficient (Wildman–Crippen LogP) is 3.19. The molecule has 134 valence electrons. The Morgan fingerprint density at radius 3 is 2.73 bits per heavy atom. The van der Waals surface area contributed by atoms with Crippen molar-refractivity contribution in [2.24, 2.45) is 0 Å². The number of fused-ring (bicyclic) bond motifs is 2.